The van der Waals surface area contributed by atoms with E-state index >= 15 is 0 Å². The number of hydrogen-bond acceptors (Lipinski definition) is 4. The quantitative estimate of drug-likeness (QED) is 0.907. The predicted octanol–water partition coefficient (Wildman–Crippen LogP) is 3.76. The van der Waals surface area contributed by atoms with Crippen molar-refractivity contribution in [3.05, 3.63) is 34.6 Å². The number of nitrogens with one attached hydrogen (secondary N) is 1. The van der Waals surface area contributed by atoms with Crippen LogP contribution in [0.15, 0.2) is 22.9 Å². The van der Waals surface area contributed by atoms with Gasteiger partial charge < -0.3 is 10.1 Å². The summed E-state index contributed by atoms with van der Waals surface area (Å²) in [5, 5.41) is 6.84. The number of benzene rings is 1. The zero-order valence-corrected chi connectivity index (χ0v) is 12.6. The van der Waals surface area contributed by atoms with E-state index in [2.05, 4.69) is 31.3 Å². The molecule has 0 bridgehead atoms. The predicted molar refractivity (Wildman–Crippen MR) is 76.2 cm³/mol. The minimum Gasteiger partial charge on any atom is -0.356 e. The first-order valence-corrected chi connectivity index (χ1v) is 7.39. The van der Waals surface area contributed by atoms with Gasteiger partial charge in [0.05, 0.1) is 0 Å². The molecule has 1 aromatic carbocycles. The van der Waals surface area contributed by atoms with Crippen LogP contribution in [0.25, 0.3) is 0 Å². The van der Waals surface area contributed by atoms with Crippen LogP contribution in [0.4, 0.5) is 20.4 Å². The number of halogens is 3. The lowest BCUT2D eigenvalue weighted by molar-refractivity contribution is -0.0383. The first-order chi connectivity index (χ1) is 10.1. The van der Waals surface area contributed by atoms with Gasteiger partial charge in [-0.2, -0.15) is 4.98 Å². The maximum Gasteiger partial charge on any atom is 0.229 e. The van der Waals surface area contributed by atoms with Crippen LogP contribution in [0.3, 0.4) is 0 Å². The molecule has 1 aliphatic heterocycles. The Morgan fingerprint density at radius 3 is 2.71 bits per heavy atom. The third kappa shape index (κ3) is 3.06. The normalized spacial score (nSPS) is 18.7. The second-order valence-corrected chi connectivity index (χ2v) is 5.40. The van der Waals surface area contributed by atoms with E-state index in [0.29, 0.717) is 11.3 Å². The highest BCUT2D eigenvalue weighted by molar-refractivity contribution is 9.10. The summed E-state index contributed by atoms with van der Waals surface area (Å²) in [4.78, 5) is 4.11. The number of ether oxygens (including phenoxy) is 1. The minimum absolute atomic E-state index is 0.234. The van der Waals surface area contributed by atoms with Crippen LogP contribution in [0.2, 0.25) is 0 Å². The molecule has 0 aliphatic carbocycles. The molecule has 1 fully saturated rings. The topological polar surface area (TPSA) is 52.0 Å². The van der Waals surface area contributed by atoms with E-state index < -0.39 is 11.6 Å². The number of hydrogen-bond donors (Lipinski definition) is 1. The third-order valence-electron chi connectivity index (χ3n) is 3.23. The van der Waals surface area contributed by atoms with E-state index in [1.807, 2.05) is 0 Å². The molecule has 2 aromatic rings. The molecular weight excluding hydrogens is 346 g/mol. The van der Waals surface area contributed by atoms with Gasteiger partial charge >= 0.3 is 0 Å². The molecule has 8 heteroatoms. The van der Waals surface area contributed by atoms with Crippen molar-refractivity contribution >= 4 is 27.6 Å². The molecule has 2 heterocycles. The molecule has 112 valence electrons. The number of nitrogens with zero attached hydrogens (tertiary/aromatic N) is 3. The fourth-order valence-electron chi connectivity index (χ4n) is 2.23. The Morgan fingerprint density at radius 2 is 2.05 bits per heavy atom. The standard InChI is InChI=1S/C13H13BrF2N4O/c14-12-18-13(17-11-8(15)4-3-5-9(11)16)20(19-12)10-6-1-2-7-21-10/h3-5,10H,1-2,6-7H2,(H,17,18,19). The Labute approximate surface area is 128 Å². The zero-order valence-electron chi connectivity index (χ0n) is 11.0. The smallest absolute Gasteiger partial charge is 0.229 e. The minimum atomic E-state index is -0.690. The Kier molecular flexibility index (Phi) is 4.16. The highest BCUT2D eigenvalue weighted by Gasteiger charge is 2.22. The monoisotopic (exact) mass is 358 g/mol. The lowest BCUT2D eigenvalue weighted by Crippen LogP contribution is -2.20. The molecule has 0 saturated carbocycles. The molecule has 1 aliphatic rings. The molecule has 0 amide bonds. The van der Waals surface area contributed by atoms with Crippen LogP contribution in [0, 0.1) is 11.6 Å². The molecule has 5 nitrogen and oxygen atoms in total. The molecule has 0 spiro atoms. The van der Waals surface area contributed by atoms with Gasteiger partial charge in [0.1, 0.15) is 17.3 Å². The second kappa shape index (κ2) is 6.07. The summed E-state index contributed by atoms with van der Waals surface area (Å²) in [6.45, 7) is 0.635. The second-order valence-electron chi connectivity index (χ2n) is 4.69. The highest BCUT2D eigenvalue weighted by atomic mass is 79.9. The highest BCUT2D eigenvalue weighted by Crippen LogP contribution is 2.28. The molecule has 1 atom stereocenters. The van der Waals surface area contributed by atoms with Gasteiger partial charge in [-0.25, -0.2) is 13.5 Å². The average molecular weight is 359 g/mol. The van der Waals surface area contributed by atoms with Gasteiger partial charge in [-0.1, -0.05) is 6.07 Å². The van der Waals surface area contributed by atoms with E-state index in [1.54, 1.807) is 0 Å². The first kappa shape index (κ1) is 14.4. The fourth-order valence-corrected chi connectivity index (χ4v) is 2.57. The van der Waals surface area contributed by atoms with Gasteiger partial charge in [0.25, 0.3) is 0 Å². The summed E-state index contributed by atoms with van der Waals surface area (Å²) in [7, 11) is 0. The summed E-state index contributed by atoms with van der Waals surface area (Å²) in [5.74, 6) is -1.15. The van der Waals surface area contributed by atoms with Crippen LogP contribution in [-0.4, -0.2) is 21.4 Å². The number of aromatic nitrogens is 3. The molecule has 0 radical (unpaired) electrons. The van der Waals surface area contributed by atoms with Crippen LogP contribution >= 0.6 is 15.9 Å². The maximum absolute atomic E-state index is 13.7. The Bertz CT molecular complexity index is 623. The summed E-state index contributed by atoms with van der Waals surface area (Å²) in [6.07, 6.45) is 2.51. The zero-order chi connectivity index (χ0) is 14.8. The molecule has 1 saturated heterocycles. The van der Waals surface area contributed by atoms with E-state index in [1.165, 1.54) is 22.9 Å². The summed E-state index contributed by atoms with van der Waals surface area (Å²) < 4.78 is 34.9. The average Bonchev–Trinajstić information content (AvgIpc) is 2.85. The largest absolute Gasteiger partial charge is 0.356 e. The van der Waals surface area contributed by atoms with Crippen LogP contribution in [0.1, 0.15) is 25.5 Å². The van der Waals surface area contributed by atoms with Crippen molar-refractivity contribution in [2.24, 2.45) is 0 Å². The molecule has 21 heavy (non-hydrogen) atoms. The molecular formula is C13H13BrF2N4O. The van der Waals surface area contributed by atoms with Crippen molar-refractivity contribution in [2.75, 3.05) is 11.9 Å². The summed E-state index contributed by atoms with van der Waals surface area (Å²) in [6, 6.07) is 3.66. The first-order valence-electron chi connectivity index (χ1n) is 6.60. The van der Waals surface area contributed by atoms with E-state index in [0.717, 1.165) is 19.3 Å². The van der Waals surface area contributed by atoms with Gasteiger partial charge in [0, 0.05) is 6.61 Å². The van der Waals surface area contributed by atoms with Crippen molar-refractivity contribution in [3.63, 3.8) is 0 Å². The number of rotatable bonds is 3. The fraction of sp³-hybridized carbons (Fsp3) is 0.385. The van der Waals surface area contributed by atoms with Gasteiger partial charge in [0.15, 0.2) is 6.23 Å². The van der Waals surface area contributed by atoms with E-state index in [4.69, 9.17) is 4.74 Å². The molecule has 1 aromatic heterocycles. The van der Waals surface area contributed by atoms with Crippen molar-refractivity contribution in [1.29, 1.82) is 0 Å². The summed E-state index contributed by atoms with van der Waals surface area (Å²) in [5.41, 5.74) is -0.255. The van der Waals surface area contributed by atoms with Gasteiger partial charge in [-0.3, -0.25) is 0 Å². The van der Waals surface area contributed by atoms with Crippen LogP contribution in [0.5, 0.6) is 0 Å². The Balaban J connectivity index is 1.92. The number of para-hydroxylation sites is 1. The van der Waals surface area contributed by atoms with Crippen molar-refractivity contribution in [3.8, 4) is 0 Å². The van der Waals surface area contributed by atoms with Crippen molar-refractivity contribution in [2.45, 2.75) is 25.5 Å². The number of anilines is 2. The van der Waals surface area contributed by atoms with Crippen molar-refractivity contribution < 1.29 is 13.5 Å². The maximum atomic E-state index is 13.7. The third-order valence-corrected chi connectivity index (χ3v) is 3.57. The van der Waals surface area contributed by atoms with E-state index in [9.17, 15) is 8.78 Å². The summed E-state index contributed by atoms with van der Waals surface area (Å²) >= 11 is 3.17. The van der Waals surface area contributed by atoms with Gasteiger partial charge in [-0.05, 0) is 47.3 Å². The molecule has 1 unspecified atom stereocenters. The van der Waals surface area contributed by atoms with Crippen molar-refractivity contribution in [1.82, 2.24) is 14.8 Å². The van der Waals surface area contributed by atoms with Gasteiger partial charge in [0.2, 0.25) is 10.7 Å². The lowest BCUT2D eigenvalue weighted by Gasteiger charge is -2.23. The lowest BCUT2D eigenvalue weighted by atomic mass is 10.2. The Hall–Kier alpha value is -1.54. The Morgan fingerprint density at radius 1 is 1.29 bits per heavy atom. The van der Waals surface area contributed by atoms with Gasteiger partial charge in [-0.15, -0.1) is 5.10 Å². The van der Waals surface area contributed by atoms with Crippen LogP contribution < -0.4 is 5.32 Å². The van der Waals surface area contributed by atoms with E-state index in [-0.39, 0.29) is 17.9 Å². The molecule has 1 N–H and O–H groups in total. The molecule has 3 rings (SSSR count). The SMILES string of the molecule is Fc1cccc(F)c1Nc1nc(Br)nn1C1CCCCO1. The van der Waals surface area contributed by atoms with Crippen LogP contribution in [-0.2, 0) is 4.74 Å².